The number of nitrogens with one attached hydrogen (secondary N) is 1. The van der Waals surface area contributed by atoms with E-state index in [2.05, 4.69) is 54.7 Å². The summed E-state index contributed by atoms with van der Waals surface area (Å²) >= 11 is 0. The molecule has 0 aliphatic heterocycles. The van der Waals surface area contributed by atoms with Gasteiger partial charge in [0.2, 0.25) is 0 Å². The van der Waals surface area contributed by atoms with Crippen molar-refractivity contribution in [3.05, 3.63) is 53.3 Å². The first-order chi connectivity index (χ1) is 8.28. The van der Waals surface area contributed by atoms with Gasteiger partial charge in [-0.3, -0.25) is 4.68 Å². The molecule has 0 fully saturated rings. The molecule has 17 heavy (non-hydrogen) atoms. The van der Waals surface area contributed by atoms with Crippen LogP contribution in [0.15, 0.2) is 36.7 Å². The summed E-state index contributed by atoms with van der Waals surface area (Å²) in [4.78, 5) is 0. The second-order valence-corrected chi connectivity index (χ2v) is 4.29. The molecule has 0 aliphatic carbocycles. The molecule has 0 aliphatic rings. The number of aryl methyl sites for hydroxylation is 2. The van der Waals surface area contributed by atoms with Crippen LogP contribution in [0, 0.1) is 6.92 Å². The Kier molecular flexibility index (Phi) is 3.94. The molecule has 0 spiro atoms. The predicted octanol–water partition coefficient (Wildman–Crippen LogP) is 2.50. The van der Waals surface area contributed by atoms with Crippen LogP contribution in [0.5, 0.6) is 0 Å². The lowest BCUT2D eigenvalue weighted by Gasteiger charge is -2.03. The first kappa shape index (κ1) is 11.9. The first-order valence-electron chi connectivity index (χ1n) is 6.05. The lowest BCUT2D eigenvalue weighted by Crippen LogP contribution is -2.12. The Labute approximate surface area is 102 Å². The summed E-state index contributed by atoms with van der Waals surface area (Å²) in [6, 6.07) is 8.62. The maximum atomic E-state index is 4.25. The maximum absolute atomic E-state index is 4.25. The third kappa shape index (κ3) is 3.43. The van der Waals surface area contributed by atoms with E-state index >= 15 is 0 Å². The van der Waals surface area contributed by atoms with Crippen LogP contribution >= 0.6 is 0 Å². The van der Waals surface area contributed by atoms with Crippen LogP contribution in [0.3, 0.4) is 0 Å². The van der Waals surface area contributed by atoms with Gasteiger partial charge in [0.15, 0.2) is 0 Å². The molecule has 1 aromatic carbocycles. The Morgan fingerprint density at radius 3 is 2.47 bits per heavy atom. The number of hydrogen-bond donors (Lipinski definition) is 1. The van der Waals surface area contributed by atoms with Gasteiger partial charge in [0, 0.05) is 31.4 Å². The summed E-state index contributed by atoms with van der Waals surface area (Å²) in [5, 5.41) is 7.67. The van der Waals surface area contributed by atoms with E-state index in [1.807, 2.05) is 10.9 Å². The van der Waals surface area contributed by atoms with Gasteiger partial charge in [-0.1, -0.05) is 29.8 Å². The van der Waals surface area contributed by atoms with Crippen molar-refractivity contribution in [2.24, 2.45) is 0 Å². The van der Waals surface area contributed by atoms with Crippen LogP contribution < -0.4 is 5.32 Å². The summed E-state index contributed by atoms with van der Waals surface area (Å²) in [5.74, 6) is 0. The largest absolute Gasteiger partial charge is 0.309 e. The van der Waals surface area contributed by atoms with Crippen LogP contribution in [0.2, 0.25) is 0 Å². The zero-order valence-corrected chi connectivity index (χ0v) is 10.5. The normalized spacial score (nSPS) is 10.7. The number of aromatic nitrogens is 2. The van der Waals surface area contributed by atoms with E-state index in [-0.39, 0.29) is 0 Å². The minimum atomic E-state index is 0.869. The van der Waals surface area contributed by atoms with E-state index in [9.17, 15) is 0 Å². The number of benzene rings is 1. The lowest BCUT2D eigenvalue weighted by atomic mass is 10.1. The highest BCUT2D eigenvalue weighted by Crippen LogP contribution is 2.03. The fourth-order valence-electron chi connectivity index (χ4n) is 1.73. The SMILES string of the molecule is CCn1cc(CNCc2ccc(C)cc2)cn1. The highest BCUT2D eigenvalue weighted by molar-refractivity contribution is 5.21. The van der Waals surface area contributed by atoms with Crippen LogP contribution in [-0.4, -0.2) is 9.78 Å². The van der Waals surface area contributed by atoms with Gasteiger partial charge in [-0.25, -0.2) is 0 Å². The number of rotatable bonds is 5. The fourth-order valence-corrected chi connectivity index (χ4v) is 1.73. The van der Waals surface area contributed by atoms with Gasteiger partial charge >= 0.3 is 0 Å². The third-order valence-electron chi connectivity index (χ3n) is 2.79. The molecule has 0 radical (unpaired) electrons. The average molecular weight is 229 g/mol. The molecule has 0 saturated carbocycles. The fraction of sp³-hybridized carbons (Fsp3) is 0.357. The van der Waals surface area contributed by atoms with Crippen molar-refractivity contribution in [2.45, 2.75) is 33.5 Å². The van der Waals surface area contributed by atoms with Crippen molar-refractivity contribution in [1.29, 1.82) is 0 Å². The molecule has 0 atom stereocenters. The van der Waals surface area contributed by atoms with E-state index in [0.717, 1.165) is 19.6 Å². The van der Waals surface area contributed by atoms with Crippen LogP contribution in [-0.2, 0) is 19.6 Å². The second kappa shape index (κ2) is 5.64. The molecule has 0 bridgehead atoms. The van der Waals surface area contributed by atoms with Crippen LogP contribution in [0.1, 0.15) is 23.6 Å². The molecule has 1 N–H and O–H groups in total. The van der Waals surface area contributed by atoms with E-state index in [4.69, 9.17) is 0 Å². The van der Waals surface area contributed by atoms with Crippen molar-refractivity contribution in [2.75, 3.05) is 0 Å². The zero-order chi connectivity index (χ0) is 12.1. The zero-order valence-electron chi connectivity index (χ0n) is 10.5. The molecule has 0 unspecified atom stereocenters. The van der Waals surface area contributed by atoms with E-state index in [1.165, 1.54) is 16.7 Å². The molecule has 0 amide bonds. The first-order valence-corrected chi connectivity index (χ1v) is 6.05. The Morgan fingerprint density at radius 1 is 1.12 bits per heavy atom. The van der Waals surface area contributed by atoms with Gasteiger partial charge in [-0.05, 0) is 19.4 Å². The summed E-state index contributed by atoms with van der Waals surface area (Å²) in [7, 11) is 0. The van der Waals surface area contributed by atoms with Crippen LogP contribution in [0.25, 0.3) is 0 Å². The maximum Gasteiger partial charge on any atom is 0.0534 e. The van der Waals surface area contributed by atoms with E-state index < -0.39 is 0 Å². The standard InChI is InChI=1S/C14H19N3/c1-3-17-11-14(10-16-17)9-15-8-13-6-4-12(2)5-7-13/h4-7,10-11,15H,3,8-9H2,1-2H3. The topological polar surface area (TPSA) is 29.9 Å². The van der Waals surface area contributed by atoms with Crippen molar-refractivity contribution < 1.29 is 0 Å². The smallest absolute Gasteiger partial charge is 0.0534 e. The number of hydrogen-bond acceptors (Lipinski definition) is 2. The molecular weight excluding hydrogens is 210 g/mol. The number of nitrogens with zero attached hydrogens (tertiary/aromatic N) is 2. The molecule has 3 heteroatoms. The quantitative estimate of drug-likeness (QED) is 0.853. The highest BCUT2D eigenvalue weighted by Gasteiger charge is 1.97. The van der Waals surface area contributed by atoms with Crippen molar-refractivity contribution in [3.8, 4) is 0 Å². The summed E-state index contributed by atoms with van der Waals surface area (Å²) in [5.41, 5.74) is 3.86. The van der Waals surface area contributed by atoms with Gasteiger partial charge in [0.1, 0.15) is 0 Å². The lowest BCUT2D eigenvalue weighted by molar-refractivity contribution is 0.655. The molecule has 3 nitrogen and oxygen atoms in total. The van der Waals surface area contributed by atoms with Crippen molar-refractivity contribution >= 4 is 0 Å². The van der Waals surface area contributed by atoms with Crippen LogP contribution in [0.4, 0.5) is 0 Å². The van der Waals surface area contributed by atoms with Gasteiger partial charge < -0.3 is 5.32 Å². The Bertz CT molecular complexity index is 457. The minimum Gasteiger partial charge on any atom is -0.309 e. The van der Waals surface area contributed by atoms with Gasteiger partial charge in [0.25, 0.3) is 0 Å². The second-order valence-electron chi connectivity index (χ2n) is 4.29. The average Bonchev–Trinajstić information content (AvgIpc) is 2.80. The Morgan fingerprint density at radius 2 is 1.82 bits per heavy atom. The van der Waals surface area contributed by atoms with Gasteiger partial charge in [-0.15, -0.1) is 0 Å². The molecule has 90 valence electrons. The Balaban J connectivity index is 1.81. The summed E-state index contributed by atoms with van der Waals surface area (Å²) in [6.45, 7) is 6.90. The van der Waals surface area contributed by atoms with Gasteiger partial charge in [-0.2, -0.15) is 5.10 Å². The Hall–Kier alpha value is -1.61. The molecule has 1 heterocycles. The molecule has 2 aromatic rings. The molecule has 2 rings (SSSR count). The highest BCUT2D eigenvalue weighted by atomic mass is 15.3. The van der Waals surface area contributed by atoms with Crippen molar-refractivity contribution in [1.82, 2.24) is 15.1 Å². The summed E-state index contributed by atoms with van der Waals surface area (Å²) in [6.07, 6.45) is 4.01. The molecule has 1 aromatic heterocycles. The predicted molar refractivity (Wildman–Crippen MR) is 69.6 cm³/mol. The van der Waals surface area contributed by atoms with Crippen molar-refractivity contribution in [3.63, 3.8) is 0 Å². The molecular formula is C14H19N3. The monoisotopic (exact) mass is 229 g/mol. The van der Waals surface area contributed by atoms with E-state index in [1.54, 1.807) is 0 Å². The third-order valence-corrected chi connectivity index (χ3v) is 2.79. The van der Waals surface area contributed by atoms with Gasteiger partial charge in [0.05, 0.1) is 6.20 Å². The summed E-state index contributed by atoms with van der Waals surface area (Å²) < 4.78 is 1.95. The molecule has 0 saturated heterocycles. The van der Waals surface area contributed by atoms with E-state index in [0.29, 0.717) is 0 Å². The minimum absolute atomic E-state index is 0.869.